The van der Waals surface area contributed by atoms with Gasteiger partial charge < -0.3 is 0 Å². The molecule has 1 aliphatic heterocycles. The second kappa shape index (κ2) is 14.2. The molecule has 1 unspecified atom stereocenters. The van der Waals surface area contributed by atoms with Crippen molar-refractivity contribution >= 4 is 0 Å². The molecule has 0 bridgehead atoms. The van der Waals surface area contributed by atoms with Gasteiger partial charge in [0.25, 0.3) is 5.56 Å². The SMILES string of the molecule is C=CC1CCCn2c1nc(C)c(CCC)c2=O.CC.CC.CC. The molecule has 0 aliphatic carbocycles. The van der Waals surface area contributed by atoms with Gasteiger partial charge >= 0.3 is 0 Å². The van der Waals surface area contributed by atoms with Gasteiger partial charge in [0.05, 0.1) is 0 Å². The minimum atomic E-state index is 0.168. The Morgan fingerprint density at radius 3 is 2.26 bits per heavy atom. The fourth-order valence-corrected chi connectivity index (χ4v) is 2.58. The zero-order valence-corrected chi connectivity index (χ0v) is 16.7. The first-order chi connectivity index (χ1) is 11.2. The number of allylic oxidation sites excluding steroid dienone is 1. The summed E-state index contributed by atoms with van der Waals surface area (Å²) < 4.78 is 1.86. The maximum Gasteiger partial charge on any atom is 0.256 e. The van der Waals surface area contributed by atoms with E-state index in [9.17, 15) is 4.79 Å². The van der Waals surface area contributed by atoms with E-state index in [1.165, 1.54) is 0 Å². The zero-order chi connectivity index (χ0) is 18.4. The Hall–Kier alpha value is -1.38. The lowest BCUT2D eigenvalue weighted by molar-refractivity contribution is 0.459. The normalized spacial score (nSPS) is 14.7. The summed E-state index contributed by atoms with van der Waals surface area (Å²) in [6.07, 6.45) is 5.83. The average Bonchev–Trinajstić information content (AvgIpc) is 2.63. The molecule has 0 saturated heterocycles. The van der Waals surface area contributed by atoms with E-state index < -0.39 is 0 Å². The zero-order valence-electron chi connectivity index (χ0n) is 16.7. The van der Waals surface area contributed by atoms with Crippen molar-refractivity contribution in [2.75, 3.05) is 0 Å². The molecule has 23 heavy (non-hydrogen) atoms. The molecule has 0 fully saturated rings. The van der Waals surface area contributed by atoms with E-state index in [-0.39, 0.29) is 11.5 Å². The maximum absolute atomic E-state index is 12.4. The van der Waals surface area contributed by atoms with E-state index in [0.717, 1.165) is 49.3 Å². The Labute approximate surface area is 143 Å². The molecule has 1 aromatic heterocycles. The second-order valence-electron chi connectivity index (χ2n) is 4.73. The number of aryl methyl sites for hydroxylation is 1. The van der Waals surface area contributed by atoms with Crippen LogP contribution in [0.4, 0.5) is 0 Å². The van der Waals surface area contributed by atoms with Crippen LogP contribution >= 0.6 is 0 Å². The van der Waals surface area contributed by atoms with Crippen molar-refractivity contribution in [2.45, 2.75) is 93.5 Å². The third kappa shape index (κ3) is 6.32. The molecule has 0 N–H and O–H groups in total. The Morgan fingerprint density at radius 2 is 1.78 bits per heavy atom. The highest BCUT2D eigenvalue weighted by Crippen LogP contribution is 2.25. The average molecular weight is 323 g/mol. The van der Waals surface area contributed by atoms with Crippen LogP contribution < -0.4 is 5.56 Å². The number of nitrogens with zero attached hydrogens (tertiary/aromatic N) is 2. The van der Waals surface area contributed by atoms with Crippen LogP contribution in [0.25, 0.3) is 0 Å². The lowest BCUT2D eigenvalue weighted by Gasteiger charge is -2.24. The first-order valence-electron chi connectivity index (χ1n) is 9.41. The van der Waals surface area contributed by atoms with Crippen LogP contribution in [0.1, 0.15) is 90.7 Å². The van der Waals surface area contributed by atoms with Crippen molar-refractivity contribution < 1.29 is 0 Å². The Morgan fingerprint density at radius 1 is 1.22 bits per heavy atom. The van der Waals surface area contributed by atoms with E-state index in [1.807, 2.05) is 59.1 Å². The molecule has 0 aromatic carbocycles. The van der Waals surface area contributed by atoms with E-state index in [1.54, 1.807) is 0 Å². The highest BCUT2D eigenvalue weighted by molar-refractivity contribution is 5.21. The third-order valence-electron chi connectivity index (χ3n) is 3.51. The number of rotatable bonds is 3. The van der Waals surface area contributed by atoms with Gasteiger partial charge in [-0.05, 0) is 26.2 Å². The van der Waals surface area contributed by atoms with E-state index in [0.29, 0.717) is 0 Å². The van der Waals surface area contributed by atoms with Crippen molar-refractivity contribution in [1.82, 2.24) is 9.55 Å². The van der Waals surface area contributed by atoms with E-state index in [2.05, 4.69) is 18.5 Å². The fraction of sp³-hybridized carbons (Fsp3) is 0.700. The predicted octanol–water partition coefficient (Wildman–Crippen LogP) is 5.65. The summed E-state index contributed by atoms with van der Waals surface area (Å²) in [6.45, 7) is 20.7. The first kappa shape index (κ1) is 23.9. The van der Waals surface area contributed by atoms with Crippen LogP contribution in [0.2, 0.25) is 0 Å². The molecular formula is C20H38N2O. The topological polar surface area (TPSA) is 34.9 Å². The fourth-order valence-electron chi connectivity index (χ4n) is 2.58. The minimum Gasteiger partial charge on any atom is -0.296 e. The molecule has 0 saturated carbocycles. The Kier molecular flexibility index (Phi) is 14.8. The minimum absolute atomic E-state index is 0.168. The molecule has 3 heteroatoms. The molecule has 0 spiro atoms. The molecule has 1 aromatic rings. The molecule has 1 aliphatic rings. The predicted molar refractivity (Wildman–Crippen MR) is 103 cm³/mol. The standard InChI is InChI=1S/C14H20N2O.3C2H6/c1-4-7-12-10(3)15-13-11(5-2)8-6-9-16(13)14(12)17;3*1-2/h5,11H,2,4,6-9H2,1,3H3;3*1-2H3. The summed E-state index contributed by atoms with van der Waals surface area (Å²) in [7, 11) is 0. The van der Waals surface area contributed by atoms with Crippen LogP contribution in [-0.4, -0.2) is 9.55 Å². The van der Waals surface area contributed by atoms with Crippen LogP contribution in [0.15, 0.2) is 17.4 Å². The van der Waals surface area contributed by atoms with Gasteiger partial charge in [0.1, 0.15) is 5.82 Å². The van der Waals surface area contributed by atoms with Crippen LogP contribution in [-0.2, 0) is 13.0 Å². The summed E-state index contributed by atoms with van der Waals surface area (Å²) in [6, 6.07) is 0. The molecule has 134 valence electrons. The molecule has 3 nitrogen and oxygen atoms in total. The number of aromatic nitrogens is 2. The van der Waals surface area contributed by atoms with Gasteiger partial charge in [0, 0.05) is 23.7 Å². The van der Waals surface area contributed by atoms with Gasteiger partial charge in [-0.3, -0.25) is 9.36 Å². The van der Waals surface area contributed by atoms with Crippen LogP contribution in [0.5, 0.6) is 0 Å². The third-order valence-corrected chi connectivity index (χ3v) is 3.51. The number of hydrogen-bond acceptors (Lipinski definition) is 2. The first-order valence-corrected chi connectivity index (χ1v) is 9.41. The van der Waals surface area contributed by atoms with Crippen molar-refractivity contribution in [3.05, 3.63) is 40.1 Å². The van der Waals surface area contributed by atoms with Crippen molar-refractivity contribution in [1.29, 1.82) is 0 Å². The quantitative estimate of drug-likeness (QED) is 0.674. The Bertz CT molecular complexity index is 489. The van der Waals surface area contributed by atoms with Crippen LogP contribution in [0, 0.1) is 6.92 Å². The molecule has 2 heterocycles. The van der Waals surface area contributed by atoms with Crippen molar-refractivity contribution in [3.63, 3.8) is 0 Å². The maximum atomic E-state index is 12.4. The van der Waals surface area contributed by atoms with E-state index in [4.69, 9.17) is 0 Å². The van der Waals surface area contributed by atoms with Gasteiger partial charge in [-0.1, -0.05) is 61.0 Å². The van der Waals surface area contributed by atoms with Crippen molar-refractivity contribution in [3.8, 4) is 0 Å². The van der Waals surface area contributed by atoms with Gasteiger partial charge in [0.15, 0.2) is 0 Å². The van der Waals surface area contributed by atoms with Gasteiger partial charge in [-0.15, -0.1) is 6.58 Å². The van der Waals surface area contributed by atoms with Crippen molar-refractivity contribution in [2.24, 2.45) is 0 Å². The van der Waals surface area contributed by atoms with Gasteiger partial charge in [-0.25, -0.2) is 4.98 Å². The highest BCUT2D eigenvalue weighted by atomic mass is 16.1. The number of hydrogen-bond donors (Lipinski definition) is 0. The summed E-state index contributed by atoms with van der Waals surface area (Å²) >= 11 is 0. The summed E-state index contributed by atoms with van der Waals surface area (Å²) in [5, 5.41) is 0. The van der Waals surface area contributed by atoms with Crippen LogP contribution in [0.3, 0.4) is 0 Å². The highest BCUT2D eigenvalue weighted by Gasteiger charge is 2.22. The molecule has 2 rings (SSSR count). The largest absolute Gasteiger partial charge is 0.296 e. The molecular weight excluding hydrogens is 284 g/mol. The smallest absolute Gasteiger partial charge is 0.256 e. The van der Waals surface area contributed by atoms with Gasteiger partial charge in [-0.2, -0.15) is 0 Å². The molecule has 1 atom stereocenters. The summed E-state index contributed by atoms with van der Waals surface area (Å²) in [5.41, 5.74) is 1.96. The second-order valence-corrected chi connectivity index (χ2v) is 4.73. The van der Waals surface area contributed by atoms with Gasteiger partial charge in [0.2, 0.25) is 0 Å². The molecule has 0 amide bonds. The molecule has 0 radical (unpaired) electrons. The number of fused-ring (bicyclic) bond motifs is 1. The summed E-state index contributed by atoms with van der Waals surface area (Å²) in [5.74, 6) is 1.15. The Balaban J connectivity index is 0. The monoisotopic (exact) mass is 322 g/mol. The summed E-state index contributed by atoms with van der Waals surface area (Å²) in [4.78, 5) is 17.0. The lowest BCUT2D eigenvalue weighted by Crippen LogP contribution is -2.33. The lowest BCUT2D eigenvalue weighted by atomic mass is 9.97. The van der Waals surface area contributed by atoms with E-state index >= 15 is 0 Å².